The summed E-state index contributed by atoms with van der Waals surface area (Å²) in [6.45, 7) is 3.14. The number of anilines is 1. The Morgan fingerprint density at radius 3 is 2.55 bits per heavy atom. The molecular formula is C29H24N3O+. The van der Waals surface area contributed by atoms with Crippen LogP contribution >= 0.6 is 0 Å². The van der Waals surface area contributed by atoms with Crippen LogP contribution in [0.25, 0.3) is 44.3 Å². The number of likely N-dealkylation sites (N-methyl/N-ethyl adjacent to an activating group) is 1. The highest BCUT2D eigenvalue weighted by Crippen LogP contribution is 2.43. The van der Waals surface area contributed by atoms with E-state index in [0.717, 1.165) is 62.9 Å². The molecule has 0 fully saturated rings. The SMILES string of the molecule is Cc1ccc2c(oc3c(-c4ccc5c(c4)N(C)CC5)c(C#N)ccc32)c1-c1cccc[n+]1C. The zero-order chi connectivity index (χ0) is 22.7. The van der Waals surface area contributed by atoms with Crippen LogP contribution in [0, 0.1) is 18.3 Å². The Morgan fingerprint density at radius 1 is 0.970 bits per heavy atom. The molecule has 4 nitrogen and oxygen atoms in total. The first-order chi connectivity index (χ1) is 16.1. The second-order valence-electron chi connectivity index (χ2n) is 8.92. The van der Waals surface area contributed by atoms with Crippen molar-refractivity contribution in [3.05, 3.63) is 83.6 Å². The first-order valence-electron chi connectivity index (χ1n) is 11.2. The Morgan fingerprint density at radius 2 is 1.76 bits per heavy atom. The molecule has 33 heavy (non-hydrogen) atoms. The maximum Gasteiger partial charge on any atom is 0.216 e. The number of furan rings is 1. The molecule has 1 aliphatic heterocycles. The fourth-order valence-corrected chi connectivity index (χ4v) is 5.18. The van der Waals surface area contributed by atoms with Crippen LogP contribution in [0.1, 0.15) is 16.7 Å². The quantitative estimate of drug-likeness (QED) is 0.327. The second-order valence-corrected chi connectivity index (χ2v) is 8.92. The number of benzene rings is 3. The van der Waals surface area contributed by atoms with E-state index in [4.69, 9.17) is 4.42 Å². The summed E-state index contributed by atoms with van der Waals surface area (Å²) in [7, 11) is 4.17. The summed E-state index contributed by atoms with van der Waals surface area (Å²) in [5.74, 6) is 0. The third-order valence-electron chi connectivity index (χ3n) is 6.95. The number of aromatic nitrogens is 1. The van der Waals surface area contributed by atoms with Crippen molar-refractivity contribution in [1.82, 2.24) is 0 Å². The average molecular weight is 431 g/mol. The Hall–Kier alpha value is -4.10. The molecule has 3 aromatic carbocycles. The van der Waals surface area contributed by atoms with Gasteiger partial charge >= 0.3 is 0 Å². The van der Waals surface area contributed by atoms with E-state index in [0.29, 0.717) is 5.56 Å². The molecule has 2 aromatic heterocycles. The molecule has 0 saturated carbocycles. The molecule has 0 N–H and O–H groups in total. The summed E-state index contributed by atoms with van der Waals surface area (Å²) in [6.07, 6.45) is 3.11. The van der Waals surface area contributed by atoms with E-state index in [1.165, 1.54) is 11.3 Å². The van der Waals surface area contributed by atoms with Crippen LogP contribution in [0.3, 0.4) is 0 Å². The van der Waals surface area contributed by atoms with E-state index >= 15 is 0 Å². The maximum absolute atomic E-state index is 9.97. The predicted molar refractivity (Wildman–Crippen MR) is 132 cm³/mol. The van der Waals surface area contributed by atoms with E-state index in [1.54, 1.807) is 0 Å². The Balaban J connectivity index is 1.70. The first kappa shape index (κ1) is 19.6. The normalized spacial score (nSPS) is 13.0. The number of hydrogen-bond acceptors (Lipinski definition) is 3. The van der Waals surface area contributed by atoms with Crippen LogP contribution in [0.4, 0.5) is 5.69 Å². The van der Waals surface area contributed by atoms with Gasteiger partial charge in [0, 0.05) is 47.7 Å². The minimum Gasteiger partial charge on any atom is -0.454 e. The zero-order valence-electron chi connectivity index (χ0n) is 19.0. The van der Waals surface area contributed by atoms with Crippen molar-refractivity contribution in [3.8, 4) is 28.5 Å². The summed E-state index contributed by atoms with van der Waals surface area (Å²) >= 11 is 0. The Bertz CT molecular complexity index is 1620. The Kier molecular flexibility index (Phi) is 4.28. The van der Waals surface area contributed by atoms with Crippen LogP contribution < -0.4 is 9.47 Å². The molecule has 0 radical (unpaired) electrons. The summed E-state index contributed by atoms with van der Waals surface area (Å²) in [4.78, 5) is 2.28. The van der Waals surface area contributed by atoms with E-state index in [2.05, 4.69) is 85.2 Å². The molecule has 1 aliphatic rings. The number of nitriles is 1. The number of pyridine rings is 1. The number of nitrogens with zero attached hydrogens (tertiary/aromatic N) is 3. The molecule has 160 valence electrons. The van der Waals surface area contributed by atoms with Gasteiger partial charge in [0.1, 0.15) is 18.2 Å². The maximum atomic E-state index is 9.97. The summed E-state index contributed by atoms with van der Waals surface area (Å²) in [5.41, 5.74) is 10.1. The van der Waals surface area contributed by atoms with Gasteiger partial charge in [-0.3, -0.25) is 0 Å². The molecule has 0 aliphatic carbocycles. The lowest BCUT2D eigenvalue weighted by molar-refractivity contribution is -0.660. The molecule has 5 aromatic rings. The molecule has 0 bridgehead atoms. The monoisotopic (exact) mass is 430 g/mol. The number of fused-ring (bicyclic) bond motifs is 4. The highest BCUT2D eigenvalue weighted by atomic mass is 16.3. The van der Waals surface area contributed by atoms with Gasteiger partial charge in [-0.1, -0.05) is 24.3 Å². The van der Waals surface area contributed by atoms with Gasteiger partial charge in [0.15, 0.2) is 6.20 Å². The van der Waals surface area contributed by atoms with Crippen LogP contribution in [0.5, 0.6) is 0 Å². The number of aryl methyl sites for hydroxylation is 2. The largest absolute Gasteiger partial charge is 0.454 e. The molecule has 3 heterocycles. The molecule has 0 saturated heterocycles. The van der Waals surface area contributed by atoms with Gasteiger partial charge in [-0.15, -0.1) is 0 Å². The van der Waals surface area contributed by atoms with Crippen molar-refractivity contribution >= 4 is 27.6 Å². The lowest BCUT2D eigenvalue weighted by Gasteiger charge is -2.14. The third kappa shape index (κ3) is 2.86. The van der Waals surface area contributed by atoms with Gasteiger partial charge in [-0.05, 0) is 54.3 Å². The zero-order valence-corrected chi connectivity index (χ0v) is 19.0. The Labute approximate surface area is 192 Å². The standard InChI is InChI=1S/C29H24N3O/c1-18-7-11-22-23-12-10-21(17-30)27(20-9-8-19-13-15-32(3)25(19)16-20)29(23)33-28(22)26(18)24-6-4-5-14-31(24)2/h4-12,14,16H,13,15H2,1-3H3/q+1. The van der Waals surface area contributed by atoms with Crippen LogP contribution in [0.2, 0.25) is 0 Å². The highest BCUT2D eigenvalue weighted by Gasteiger charge is 2.24. The number of rotatable bonds is 2. The van der Waals surface area contributed by atoms with E-state index < -0.39 is 0 Å². The third-order valence-corrected chi connectivity index (χ3v) is 6.95. The van der Waals surface area contributed by atoms with Crippen molar-refractivity contribution in [2.75, 3.05) is 18.5 Å². The average Bonchev–Trinajstić information content (AvgIpc) is 3.39. The molecule has 4 heteroatoms. The topological polar surface area (TPSA) is 44.1 Å². The van der Waals surface area contributed by atoms with E-state index in [9.17, 15) is 5.26 Å². The van der Waals surface area contributed by atoms with Gasteiger partial charge in [0.2, 0.25) is 5.69 Å². The fourth-order valence-electron chi connectivity index (χ4n) is 5.18. The minimum atomic E-state index is 0.630. The van der Waals surface area contributed by atoms with Crippen LogP contribution in [0.15, 0.2) is 71.3 Å². The van der Waals surface area contributed by atoms with E-state index in [1.807, 2.05) is 18.2 Å². The van der Waals surface area contributed by atoms with Gasteiger partial charge in [0.05, 0.1) is 17.2 Å². The fraction of sp³-hybridized carbons (Fsp3) is 0.172. The molecule has 0 spiro atoms. The van der Waals surface area contributed by atoms with Gasteiger partial charge < -0.3 is 9.32 Å². The summed E-state index contributed by atoms with van der Waals surface area (Å²) < 4.78 is 8.79. The van der Waals surface area contributed by atoms with Gasteiger partial charge in [0.25, 0.3) is 0 Å². The van der Waals surface area contributed by atoms with Crippen LogP contribution in [-0.4, -0.2) is 13.6 Å². The van der Waals surface area contributed by atoms with Crippen molar-refractivity contribution < 1.29 is 8.98 Å². The smallest absolute Gasteiger partial charge is 0.216 e. The van der Waals surface area contributed by atoms with Crippen molar-refractivity contribution in [3.63, 3.8) is 0 Å². The predicted octanol–water partition coefficient (Wildman–Crippen LogP) is 5.92. The lowest BCUT2D eigenvalue weighted by atomic mass is 9.95. The molecule has 0 amide bonds. The highest BCUT2D eigenvalue weighted by molar-refractivity contribution is 6.14. The molecule has 6 rings (SSSR count). The van der Waals surface area contributed by atoms with Gasteiger partial charge in [-0.2, -0.15) is 5.26 Å². The number of hydrogen-bond donors (Lipinski definition) is 0. The molecular weight excluding hydrogens is 406 g/mol. The molecule has 0 atom stereocenters. The molecule has 0 unspecified atom stereocenters. The first-order valence-corrected chi connectivity index (χ1v) is 11.2. The summed E-state index contributed by atoms with van der Waals surface area (Å²) in [6, 6.07) is 23.4. The van der Waals surface area contributed by atoms with Gasteiger partial charge in [-0.25, -0.2) is 4.57 Å². The van der Waals surface area contributed by atoms with Crippen molar-refractivity contribution in [2.24, 2.45) is 7.05 Å². The van der Waals surface area contributed by atoms with E-state index in [-0.39, 0.29) is 0 Å². The summed E-state index contributed by atoms with van der Waals surface area (Å²) in [5, 5.41) is 12.1. The van der Waals surface area contributed by atoms with Crippen molar-refractivity contribution in [2.45, 2.75) is 13.3 Å². The lowest BCUT2D eigenvalue weighted by Crippen LogP contribution is -2.30. The second kappa shape index (κ2) is 7.21. The minimum absolute atomic E-state index is 0.630. The van der Waals surface area contributed by atoms with Crippen molar-refractivity contribution in [1.29, 1.82) is 5.26 Å². The van der Waals surface area contributed by atoms with Crippen LogP contribution in [-0.2, 0) is 13.5 Å².